The molecule has 4 heteroatoms. The van der Waals surface area contributed by atoms with E-state index < -0.39 is 0 Å². The van der Waals surface area contributed by atoms with Crippen molar-refractivity contribution in [1.82, 2.24) is 9.97 Å². The van der Waals surface area contributed by atoms with Crippen molar-refractivity contribution < 1.29 is 1.43 Å². The van der Waals surface area contributed by atoms with Crippen molar-refractivity contribution in [2.24, 2.45) is 4.99 Å². The molecule has 1 aliphatic heterocycles. The van der Waals surface area contributed by atoms with Gasteiger partial charge in [0.1, 0.15) is 11.5 Å². The molecule has 1 aromatic heterocycles. The number of aliphatic imine (C=N–C) groups is 1. The lowest BCUT2D eigenvalue weighted by atomic mass is 10.2. The molecule has 1 aliphatic rings. The highest BCUT2D eigenvalue weighted by atomic mass is 31.0. The maximum absolute atomic E-state index is 4.50. The average molecular weight is 209 g/mol. The number of fused-ring (bicyclic) bond motifs is 1. The summed E-state index contributed by atoms with van der Waals surface area (Å²) >= 11 is 0. The molecular weight excluding hydrogens is 193 g/mol. The molecule has 2 rings (SSSR count). The third-order valence-corrected chi connectivity index (χ3v) is 2.61. The minimum atomic E-state index is 0. The fourth-order valence-corrected chi connectivity index (χ4v) is 1.57. The van der Waals surface area contributed by atoms with Crippen LogP contribution in [0.3, 0.4) is 0 Å². The molecule has 1 unspecified atom stereocenters. The number of rotatable bonds is 1. The molecule has 0 aromatic carbocycles. The number of nitrogens with zero attached hydrogens (tertiary/aromatic N) is 2. The standard InChI is InChI=1S/C10H14N3P.H2/c1-6(2)10-12-7-3-4-9(14)11-5-8(7)13-10;/h4-6H,3,14H2,1-2H3,(H,12,13);1H. The Morgan fingerprint density at radius 1 is 1.57 bits per heavy atom. The largest absolute Gasteiger partial charge is 0.345 e. The van der Waals surface area contributed by atoms with Gasteiger partial charge in [0.05, 0.1) is 11.7 Å². The molecule has 0 radical (unpaired) electrons. The van der Waals surface area contributed by atoms with Crippen molar-refractivity contribution in [3.63, 3.8) is 0 Å². The summed E-state index contributed by atoms with van der Waals surface area (Å²) in [5, 5.41) is 0. The lowest BCUT2D eigenvalue weighted by Crippen LogP contribution is -1.90. The van der Waals surface area contributed by atoms with Gasteiger partial charge in [0, 0.05) is 19.5 Å². The molecule has 0 saturated heterocycles. The number of nitrogens with one attached hydrogen (secondary N) is 1. The van der Waals surface area contributed by atoms with Gasteiger partial charge in [-0.2, -0.15) is 0 Å². The first-order valence-corrected chi connectivity index (χ1v) is 5.33. The Kier molecular flexibility index (Phi) is 2.51. The number of imidazole rings is 1. The van der Waals surface area contributed by atoms with Crippen molar-refractivity contribution in [2.75, 3.05) is 0 Å². The lowest BCUT2D eigenvalue weighted by molar-refractivity contribution is 0.790. The SMILES string of the molecule is CC(C)c1nc2c([nH]1)CC=C(P)N=C2.[HH]. The van der Waals surface area contributed by atoms with Crippen molar-refractivity contribution in [2.45, 2.75) is 26.2 Å². The number of allylic oxidation sites excluding steroid dienone is 1. The van der Waals surface area contributed by atoms with Gasteiger partial charge in [0.15, 0.2) is 0 Å². The highest BCUT2D eigenvalue weighted by molar-refractivity contribution is 7.22. The Morgan fingerprint density at radius 2 is 2.36 bits per heavy atom. The molecule has 3 nitrogen and oxygen atoms in total. The predicted octanol–water partition coefficient (Wildman–Crippen LogP) is 2.47. The van der Waals surface area contributed by atoms with Crippen LogP contribution in [0.4, 0.5) is 0 Å². The van der Waals surface area contributed by atoms with Crippen LogP contribution in [-0.2, 0) is 6.42 Å². The molecule has 0 aliphatic carbocycles. The first-order valence-electron chi connectivity index (χ1n) is 4.75. The van der Waals surface area contributed by atoms with Gasteiger partial charge in [-0.25, -0.2) is 4.98 Å². The van der Waals surface area contributed by atoms with Gasteiger partial charge in [-0.3, -0.25) is 4.99 Å². The van der Waals surface area contributed by atoms with Gasteiger partial charge in [-0.15, -0.1) is 0 Å². The summed E-state index contributed by atoms with van der Waals surface area (Å²) in [6.07, 6.45) is 4.78. The van der Waals surface area contributed by atoms with Gasteiger partial charge in [0.25, 0.3) is 0 Å². The van der Waals surface area contributed by atoms with E-state index in [0.29, 0.717) is 5.92 Å². The Hall–Kier alpha value is -0.950. The third-order valence-electron chi connectivity index (χ3n) is 2.23. The zero-order valence-electron chi connectivity index (χ0n) is 8.41. The topological polar surface area (TPSA) is 41.0 Å². The molecule has 0 amide bonds. The number of hydrogen-bond donors (Lipinski definition) is 1. The van der Waals surface area contributed by atoms with E-state index in [-0.39, 0.29) is 1.43 Å². The van der Waals surface area contributed by atoms with Gasteiger partial charge in [-0.05, 0) is 0 Å². The summed E-state index contributed by atoms with van der Waals surface area (Å²) < 4.78 is 0. The zero-order chi connectivity index (χ0) is 10.1. The van der Waals surface area contributed by atoms with E-state index in [2.05, 4.69) is 44.1 Å². The van der Waals surface area contributed by atoms with E-state index in [1.54, 1.807) is 0 Å². The van der Waals surface area contributed by atoms with Crippen LogP contribution in [0, 0.1) is 0 Å². The summed E-state index contributed by atoms with van der Waals surface area (Å²) in [5.74, 6) is 1.48. The summed E-state index contributed by atoms with van der Waals surface area (Å²) in [7, 11) is 2.60. The molecular formula is C10H16N3P. The Bertz CT molecular complexity index is 407. The molecule has 0 saturated carbocycles. The van der Waals surface area contributed by atoms with E-state index in [1.165, 1.54) is 0 Å². The second-order valence-electron chi connectivity index (χ2n) is 3.73. The summed E-state index contributed by atoms with van der Waals surface area (Å²) in [6, 6.07) is 0. The van der Waals surface area contributed by atoms with Crippen molar-refractivity contribution in [3.8, 4) is 0 Å². The molecule has 76 valence electrons. The summed E-state index contributed by atoms with van der Waals surface area (Å²) in [5.41, 5.74) is 3.11. The number of aromatic nitrogens is 2. The van der Waals surface area contributed by atoms with E-state index in [9.17, 15) is 0 Å². The molecule has 0 spiro atoms. The van der Waals surface area contributed by atoms with Crippen LogP contribution in [0.1, 0.15) is 38.4 Å². The first-order chi connectivity index (χ1) is 6.66. The van der Waals surface area contributed by atoms with E-state index >= 15 is 0 Å². The number of H-pyrrole nitrogens is 1. The highest BCUT2D eigenvalue weighted by Crippen LogP contribution is 2.18. The Balaban J connectivity index is 0.00000112. The van der Waals surface area contributed by atoms with Crippen LogP contribution in [0.25, 0.3) is 0 Å². The Morgan fingerprint density at radius 3 is 3.07 bits per heavy atom. The highest BCUT2D eigenvalue weighted by Gasteiger charge is 2.11. The van der Waals surface area contributed by atoms with Gasteiger partial charge >= 0.3 is 0 Å². The van der Waals surface area contributed by atoms with Crippen molar-refractivity contribution >= 4 is 15.5 Å². The lowest BCUT2D eigenvalue weighted by Gasteiger charge is -1.97. The smallest absolute Gasteiger partial charge is 0.109 e. The van der Waals surface area contributed by atoms with Gasteiger partial charge < -0.3 is 4.98 Å². The fraction of sp³-hybridized carbons (Fsp3) is 0.400. The van der Waals surface area contributed by atoms with Crippen molar-refractivity contribution in [3.05, 3.63) is 28.7 Å². The predicted molar refractivity (Wildman–Crippen MR) is 63.9 cm³/mol. The second kappa shape index (κ2) is 3.66. The van der Waals surface area contributed by atoms with Crippen molar-refractivity contribution in [1.29, 1.82) is 0 Å². The average Bonchev–Trinajstić information content (AvgIpc) is 2.48. The van der Waals surface area contributed by atoms with E-state index in [1.807, 2.05) is 6.21 Å². The molecule has 14 heavy (non-hydrogen) atoms. The van der Waals surface area contributed by atoms with Crippen LogP contribution >= 0.6 is 9.24 Å². The molecule has 1 aromatic rings. The van der Waals surface area contributed by atoms with E-state index in [0.717, 1.165) is 29.1 Å². The van der Waals surface area contributed by atoms with Gasteiger partial charge in [-0.1, -0.05) is 29.2 Å². The molecule has 1 atom stereocenters. The van der Waals surface area contributed by atoms with Crippen LogP contribution in [-0.4, -0.2) is 16.2 Å². The van der Waals surface area contributed by atoms with E-state index in [4.69, 9.17) is 0 Å². The summed E-state index contributed by atoms with van der Waals surface area (Å²) in [4.78, 5) is 12.1. The fourth-order valence-electron chi connectivity index (χ4n) is 1.37. The van der Waals surface area contributed by atoms with Crippen LogP contribution < -0.4 is 0 Å². The summed E-state index contributed by atoms with van der Waals surface area (Å²) in [6.45, 7) is 4.26. The maximum Gasteiger partial charge on any atom is 0.109 e. The minimum absolute atomic E-state index is 0. The molecule has 2 heterocycles. The normalized spacial score (nSPS) is 15.3. The van der Waals surface area contributed by atoms with Crippen LogP contribution in [0.5, 0.6) is 0 Å². The molecule has 1 N–H and O–H groups in total. The second-order valence-corrected chi connectivity index (χ2v) is 4.32. The Labute approximate surface area is 87.4 Å². The monoisotopic (exact) mass is 209 g/mol. The quantitative estimate of drug-likeness (QED) is 0.709. The maximum atomic E-state index is 4.50. The minimum Gasteiger partial charge on any atom is -0.345 e. The zero-order valence-corrected chi connectivity index (χ0v) is 9.57. The number of aromatic amines is 1. The van der Waals surface area contributed by atoms with Crippen LogP contribution in [0.2, 0.25) is 0 Å². The van der Waals surface area contributed by atoms with Gasteiger partial charge in [0.2, 0.25) is 0 Å². The number of hydrogen-bond acceptors (Lipinski definition) is 2. The molecule has 0 bridgehead atoms. The molecule has 0 fully saturated rings. The van der Waals surface area contributed by atoms with Crippen LogP contribution in [0.15, 0.2) is 16.5 Å². The first kappa shape index (κ1) is 9.60. The third kappa shape index (κ3) is 1.78.